The quantitative estimate of drug-likeness (QED) is 0.637. The normalized spacial score (nSPS) is 20.7. The molecule has 0 bridgehead atoms. The molecule has 1 fully saturated rings. The van der Waals surface area contributed by atoms with E-state index in [2.05, 4.69) is 10.3 Å². The molecular weight excluding hydrogens is 360 g/mol. The molecule has 5 nitrogen and oxygen atoms in total. The van der Waals surface area contributed by atoms with Crippen LogP contribution in [0, 0.1) is 11.6 Å². The number of sulfone groups is 1. The molecule has 1 atom stereocenters. The number of rotatable bonds is 4. The standard InChI is InChI=1S/C18H27F2N3O2S/c1-5-21-17(23-8-9-26(24,25)18(3,4)12-23)22-11-13(2)14-6-7-15(19)16(20)10-14/h6-7,10,13H,5,8-9,11-12H2,1-4H3,(H,21,22). The van der Waals surface area contributed by atoms with Gasteiger partial charge in [-0.3, -0.25) is 4.99 Å². The van der Waals surface area contributed by atoms with Crippen molar-refractivity contribution in [2.24, 2.45) is 4.99 Å². The number of aliphatic imine (C=N–C) groups is 1. The summed E-state index contributed by atoms with van der Waals surface area (Å²) in [6.07, 6.45) is 0. The van der Waals surface area contributed by atoms with Crippen molar-refractivity contribution in [3.8, 4) is 0 Å². The molecule has 1 N–H and O–H groups in total. The third-order valence-corrected chi connectivity index (χ3v) is 7.24. The van der Waals surface area contributed by atoms with E-state index in [4.69, 9.17) is 0 Å². The lowest BCUT2D eigenvalue weighted by molar-refractivity contribution is 0.353. The molecule has 1 aromatic rings. The maximum absolute atomic E-state index is 13.4. The van der Waals surface area contributed by atoms with Crippen LogP contribution >= 0.6 is 0 Å². The molecule has 2 rings (SSSR count). The van der Waals surface area contributed by atoms with Crippen molar-refractivity contribution < 1.29 is 17.2 Å². The zero-order valence-electron chi connectivity index (χ0n) is 15.7. The van der Waals surface area contributed by atoms with Gasteiger partial charge in [0.25, 0.3) is 0 Å². The zero-order valence-corrected chi connectivity index (χ0v) is 16.5. The third-order valence-electron chi connectivity index (χ3n) is 4.71. The van der Waals surface area contributed by atoms with Crippen LogP contribution in [0.5, 0.6) is 0 Å². The van der Waals surface area contributed by atoms with E-state index in [1.165, 1.54) is 6.07 Å². The molecule has 1 unspecified atom stereocenters. The van der Waals surface area contributed by atoms with Gasteiger partial charge in [0.1, 0.15) is 0 Å². The van der Waals surface area contributed by atoms with E-state index in [0.717, 1.165) is 6.07 Å². The SMILES string of the molecule is CCNC(=NCC(C)c1ccc(F)c(F)c1)N1CCS(=O)(=O)C(C)(C)C1. The molecule has 0 spiro atoms. The van der Waals surface area contributed by atoms with Gasteiger partial charge in [-0.05, 0) is 38.5 Å². The fourth-order valence-corrected chi connectivity index (χ4v) is 4.26. The molecule has 8 heteroatoms. The Bertz CT molecular complexity index is 779. The largest absolute Gasteiger partial charge is 0.357 e. The van der Waals surface area contributed by atoms with Gasteiger partial charge in [-0.2, -0.15) is 0 Å². The van der Waals surface area contributed by atoms with Crippen molar-refractivity contribution >= 4 is 15.8 Å². The van der Waals surface area contributed by atoms with E-state index in [9.17, 15) is 17.2 Å². The highest BCUT2D eigenvalue weighted by atomic mass is 32.2. The molecule has 0 amide bonds. The summed E-state index contributed by atoms with van der Waals surface area (Å²) in [5.41, 5.74) is 0.671. The second kappa shape index (κ2) is 7.90. The number of nitrogens with zero attached hydrogens (tertiary/aromatic N) is 2. The summed E-state index contributed by atoms with van der Waals surface area (Å²) in [4.78, 5) is 6.55. The summed E-state index contributed by atoms with van der Waals surface area (Å²) in [7, 11) is -3.13. The van der Waals surface area contributed by atoms with E-state index >= 15 is 0 Å². The molecule has 1 heterocycles. The van der Waals surface area contributed by atoms with Crippen LogP contribution < -0.4 is 5.32 Å². The van der Waals surface area contributed by atoms with Crippen LogP contribution in [-0.2, 0) is 9.84 Å². The fraction of sp³-hybridized carbons (Fsp3) is 0.611. The smallest absolute Gasteiger partial charge is 0.194 e. The van der Waals surface area contributed by atoms with Gasteiger partial charge in [0, 0.05) is 32.1 Å². The zero-order chi connectivity index (χ0) is 19.5. The maximum Gasteiger partial charge on any atom is 0.194 e. The van der Waals surface area contributed by atoms with Gasteiger partial charge in [-0.15, -0.1) is 0 Å². The van der Waals surface area contributed by atoms with Crippen LogP contribution in [-0.4, -0.2) is 56.0 Å². The van der Waals surface area contributed by atoms with Crippen LogP contribution in [0.15, 0.2) is 23.2 Å². The third kappa shape index (κ3) is 4.52. The highest BCUT2D eigenvalue weighted by molar-refractivity contribution is 7.92. The summed E-state index contributed by atoms with van der Waals surface area (Å²) >= 11 is 0. The molecule has 0 aliphatic carbocycles. The molecule has 26 heavy (non-hydrogen) atoms. The Morgan fingerprint density at radius 2 is 2.04 bits per heavy atom. The van der Waals surface area contributed by atoms with Gasteiger partial charge in [0.15, 0.2) is 27.4 Å². The number of guanidine groups is 1. The van der Waals surface area contributed by atoms with E-state index in [1.807, 2.05) is 18.7 Å². The first-order valence-corrected chi connectivity index (χ1v) is 10.4. The van der Waals surface area contributed by atoms with Gasteiger partial charge in [-0.1, -0.05) is 13.0 Å². The summed E-state index contributed by atoms with van der Waals surface area (Å²) in [5.74, 6) is -1.10. The molecule has 1 aromatic carbocycles. The number of halogens is 2. The fourth-order valence-electron chi connectivity index (χ4n) is 2.90. The molecule has 1 saturated heterocycles. The minimum atomic E-state index is -3.13. The lowest BCUT2D eigenvalue weighted by Crippen LogP contribution is -2.57. The predicted octanol–water partition coefficient (Wildman–Crippen LogP) is 2.54. The summed E-state index contributed by atoms with van der Waals surface area (Å²) in [6.45, 7) is 9.07. The Morgan fingerprint density at radius 1 is 1.35 bits per heavy atom. The van der Waals surface area contributed by atoms with Gasteiger partial charge in [0.05, 0.1) is 10.5 Å². The van der Waals surface area contributed by atoms with Gasteiger partial charge in [-0.25, -0.2) is 17.2 Å². The minimum Gasteiger partial charge on any atom is -0.357 e. The van der Waals surface area contributed by atoms with Crippen LogP contribution in [0.1, 0.15) is 39.2 Å². The van der Waals surface area contributed by atoms with Crippen molar-refractivity contribution in [2.45, 2.75) is 38.4 Å². The van der Waals surface area contributed by atoms with Crippen LogP contribution in [0.25, 0.3) is 0 Å². The van der Waals surface area contributed by atoms with Crippen molar-refractivity contribution in [1.29, 1.82) is 0 Å². The predicted molar refractivity (Wildman–Crippen MR) is 100 cm³/mol. The summed E-state index contributed by atoms with van der Waals surface area (Å²) in [6, 6.07) is 3.87. The van der Waals surface area contributed by atoms with E-state index in [0.29, 0.717) is 37.7 Å². The van der Waals surface area contributed by atoms with E-state index < -0.39 is 26.2 Å². The summed E-state index contributed by atoms with van der Waals surface area (Å²) in [5, 5.41) is 3.19. The number of hydrogen-bond donors (Lipinski definition) is 1. The van der Waals surface area contributed by atoms with Crippen molar-refractivity contribution in [1.82, 2.24) is 10.2 Å². The van der Waals surface area contributed by atoms with Gasteiger partial charge in [0.2, 0.25) is 0 Å². The van der Waals surface area contributed by atoms with Gasteiger partial charge >= 0.3 is 0 Å². The lowest BCUT2D eigenvalue weighted by atomic mass is 10.0. The highest BCUT2D eigenvalue weighted by Crippen LogP contribution is 2.24. The first-order chi connectivity index (χ1) is 12.1. The average Bonchev–Trinajstić information content (AvgIpc) is 2.56. The second-order valence-corrected chi connectivity index (χ2v) is 10.0. The molecule has 0 aromatic heterocycles. The van der Waals surface area contributed by atoms with Crippen molar-refractivity contribution in [3.05, 3.63) is 35.4 Å². The second-order valence-electron chi connectivity index (χ2n) is 7.27. The minimum absolute atomic E-state index is 0.0864. The first-order valence-electron chi connectivity index (χ1n) is 8.78. The van der Waals surface area contributed by atoms with Crippen LogP contribution in [0.2, 0.25) is 0 Å². The Labute approximate surface area is 154 Å². The molecule has 0 radical (unpaired) electrons. The van der Waals surface area contributed by atoms with Crippen LogP contribution in [0.3, 0.4) is 0 Å². The van der Waals surface area contributed by atoms with Crippen molar-refractivity contribution in [3.63, 3.8) is 0 Å². The number of benzene rings is 1. The lowest BCUT2D eigenvalue weighted by Gasteiger charge is -2.39. The molecule has 1 aliphatic rings. The monoisotopic (exact) mass is 387 g/mol. The Balaban J connectivity index is 2.14. The Morgan fingerprint density at radius 3 is 2.62 bits per heavy atom. The Hall–Kier alpha value is -1.70. The molecule has 0 saturated carbocycles. The average molecular weight is 387 g/mol. The highest BCUT2D eigenvalue weighted by Gasteiger charge is 2.40. The van der Waals surface area contributed by atoms with Crippen LogP contribution in [0.4, 0.5) is 8.78 Å². The number of nitrogens with one attached hydrogen (secondary N) is 1. The maximum atomic E-state index is 13.4. The van der Waals surface area contributed by atoms with Crippen molar-refractivity contribution in [2.75, 3.05) is 31.9 Å². The Kier molecular flexibility index (Phi) is 6.26. The number of hydrogen-bond acceptors (Lipinski definition) is 3. The first kappa shape index (κ1) is 20.6. The van der Waals surface area contributed by atoms with E-state index in [1.54, 1.807) is 19.9 Å². The topological polar surface area (TPSA) is 61.8 Å². The summed E-state index contributed by atoms with van der Waals surface area (Å²) < 4.78 is 50.0. The molecular formula is C18H27F2N3O2S. The molecule has 1 aliphatic heterocycles. The van der Waals surface area contributed by atoms with E-state index in [-0.39, 0.29) is 11.7 Å². The van der Waals surface area contributed by atoms with Gasteiger partial charge < -0.3 is 10.2 Å². The molecule has 146 valence electrons.